The number of nitrogens with zero attached hydrogens (tertiary/aromatic N) is 2. The quantitative estimate of drug-likeness (QED) is 0.791. The fraction of sp³-hybridized carbons (Fsp3) is 0.556. The van der Waals surface area contributed by atoms with Crippen molar-refractivity contribution in [2.24, 2.45) is 0 Å². The van der Waals surface area contributed by atoms with Gasteiger partial charge >= 0.3 is 0 Å². The molecule has 1 atom stereocenters. The van der Waals surface area contributed by atoms with Crippen molar-refractivity contribution in [3.8, 4) is 0 Å². The molecule has 1 aromatic heterocycles. The number of ether oxygens (including phenoxy) is 1. The second-order valence-electron chi connectivity index (χ2n) is 3.26. The zero-order chi connectivity index (χ0) is 9.97. The van der Waals surface area contributed by atoms with Crippen LogP contribution in [-0.2, 0) is 4.74 Å². The van der Waals surface area contributed by atoms with E-state index in [2.05, 4.69) is 26.1 Å². The van der Waals surface area contributed by atoms with Gasteiger partial charge in [0.2, 0.25) is 0 Å². The molecule has 1 aromatic rings. The zero-order valence-corrected chi connectivity index (χ0v) is 9.88. The van der Waals surface area contributed by atoms with Crippen LogP contribution in [-0.4, -0.2) is 16.8 Å². The largest absolute Gasteiger partial charge is 0.372 e. The molecule has 1 aliphatic heterocycles. The summed E-state index contributed by atoms with van der Waals surface area (Å²) in [4.78, 5) is 0. The molecule has 2 rings (SSSR count). The molecule has 0 aliphatic carbocycles. The first-order valence-electron chi connectivity index (χ1n) is 4.57. The minimum atomic E-state index is 0.0878. The van der Waals surface area contributed by atoms with Crippen LogP contribution in [0.5, 0.6) is 0 Å². The molecule has 2 heterocycles. The van der Waals surface area contributed by atoms with Crippen LogP contribution >= 0.6 is 27.5 Å². The first-order chi connectivity index (χ1) is 6.77. The molecule has 0 radical (unpaired) electrons. The first kappa shape index (κ1) is 10.3. The molecular weight excluding hydrogens is 267 g/mol. The maximum absolute atomic E-state index is 5.76. The average molecular weight is 278 g/mol. The number of hydrogen-bond acceptors (Lipinski definition) is 3. The van der Waals surface area contributed by atoms with Crippen LogP contribution in [0.1, 0.15) is 31.1 Å². The van der Waals surface area contributed by atoms with Crippen molar-refractivity contribution < 1.29 is 4.74 Å². The highest BCUT2D eigenvalue weighted by Crippen LogP contribution is 2.29. The summed E-state index contributed by atoms with van der Waals surface area (Å²) in [6, 6.07) is 1.88. The van der Waals surface area contributed by atoms with Crippen LogP contribution in [0.15, 0.2) is 10.5 Å². The van der Waals surface area contributed by atoms with Crippen molar-refractivity contribution in [1.29, 1.82) is 0 Å². The van der Waals surface area contributed by atoms with Gasteiger partial charge < -0.3 is 4.74 Å². The molecule has 5 heteroatoms. The minimum absolute atomic E-state index is 0.0878. The van der Waals surface area contributed by atoms with Gasteiger partial charge in [0.1, 0.15) is 6.10 Å². The predicted octanol–water partition coefficient (Wildman–Crippen LogP) is 3.13. The molecule has 0 bridgehead atoms. The Morgan fingerprint density at radius 1 is 1.43 bits per heavy atom. The van der Waals surface area contributed by atoms with Crippen molar-refractivity contribution in [3.63, 3.8) is 0 Å². The van der Waals surface area contributed by atoms with Gasteiger partial charge in [-0.15, -0.1) is 5.10 Å². The van der Waals surface area contributed by atoms with E-state index in [1.54, 1.807) is 0 Å². The smallest absolute Gasteiger partial charge is 0.165 e. The van der Waals surface area contributed by atoms with E-state index in [0.717, 1.165) is 29.6 Å². The molecule has 0 aromatic carbocycles. The van der Waals surface area contributed by atoms with Gasteiger partial charge in [0.25, 0.3) is 0 Å². The molecule has 0 spiro atoms. The molecule has 3 nitrogen and oxygen atoms in total. The lowest BCUT2D eigenvalue weighted by molar-refractivity contribution is 0.0117. The van der Waals surface area contributed by atoms with Crippen molar-refractivity contribution in [2.45, 2.75) is 25.4 Å². The third kappa shape index (κ3) is 2.24. The van der Waals surface area contributed by atoms with E-state index in [9.17, 15) is 0 Å². The van der Waals surface area contributed by atoms with Crippen molar-refractivity contribution >= 4 is 27.5 Å². The SMILES string of the molecule is Clc1nnc(C2CCCCO2)cc1Br. The Bertz CT molecular complexity index is 329. The zero-order valence-electron chi connectivity index (χ0n) is 7.54. The van der Waals surface area contributed by atoms with E-state index in [0.29, 0.717) is 5.15 Å². The lowest BCUT2D eigenvalue weighted by Crippen LogP contribution is -2.13. The van der Waals surface area contributed by atoms with E-state index in [-0.39, 0.29) is 6.10 Å². The summed E-state index contributed by atoms with van der Waals surface area (Å²) in [5.74, 6) is 0. The summed E-state index contributed by atoms with van der Waals surface area (Å²) in [5.41, 5.74) is 0.862. The van der Waals surface area contributed by atoms with Gasteiger partial charge in [-0.3, -0.25) is 0 Å². The van der Waals surface area contributed by atoms with Gasteiger partial charge in [-0.25, -0.2) is 0 Å². The molecular formula is C9H10BrClN2O. The summed E-state index contributed by atoms with van der Waals surface area (Å²) < 4.78 is 6.37. The summed E-state index contributed by atoms with van der Waals surface area (Å²) in [7, 11) is 0. The molecule has 1 unspecified atom stereocenters. The van der Waals surface area contributed by atoms with E-state index in [1.165, 1.54) is 6.42 Å². The lowest BCUT2D eigenvalue weighted by atomic mass is 10.1. The Morgan fingerprint density at radius 3 is 2.93 bits per heavy atom. The van der Waals surface area contributed by atoms with E-state index in [1.807, 2.05) is 6.07 Å². The first-order valence-corrected chi connectivity index (χ1v) is 5.74. The van der Waals surface area contributed by atoms with Gasteiger partial charge in [0, 0.05) is 6.61 Å². The Kier molecular flexibility index (Phi) is 3.36. The summed E-state index contributed by atoms with van der Waals surface area (Å²) in [6.45, 7) is 0.812. The molecule has 1 saturated heterocycles. The fourth-order valence-corrected chi connectivity index (χ4v) is 1.91. The highest BCUT2D eigenvalue weighted by Gasteiger charge is 2.18. The van der Waals surface area contributed by atoms with Crippen molar-refractivity contribution in [3.05, 3.63) is 21.4 Å². The molecule has 0 saturated carbocycles. The standard InChI is InChI=1S/C9H10BrClN2O/c10-6-5-7(12-13-9(6)11)8-3-1-2-4-14-8/h5,8H,1-4H2. The van der Waals surface area contributed by atoms with Crippen LogP contribution in [0.3, 0.4) is 0 Å². The Balaban J connectivity index is 2.18. The van der Waals surface area contributed by atoms with Crippen LogP contribution in [0.4, 0.5) is 0 Å². The number of rotatable bonds is 1. The third-order valence-electron chi connectivity index (χ3n) is 2.23. The van der Waals surface area contributed by atoms with E-state index >= 15 is 0 Å². The minimum Gasteiger partial charge on any atom is -0.372 e. The number of hydrogen-bond donors (Lipinski definition) is 0. The monoisotopic (exact) mass is 276 g/mol. The number of halogens is 2. The second kappa shape index (κ2) is 4.55. The Morgan fingerprint density at radius 2 is 2.29 bits per heavy atom. The van der Waals surface area contributed by atoms with E-state index in [4.69, 9.17) is 16.3 Å². The van der Waals surface area contributed by atoms with Gasteiger partial charge in [0.05, 0.1) is 10.2 Å². The van der Waals surface area contributed by atoms with Crippen molar-refractivity contribution in [2.75, 3.05) is 6.61 Å². The van der Waals surface area contributed by atoms with Crippen LogP contribution in [0.25, 0.3) is 0 Å². The summed E-state index contributed by atoms with van der Waals surface area (Å²) >= 11 is 9.08. The lowest BCUT2D eigenvalue weighted by Gasteiger charge is -2.21. The summed E-state index contributed by atoms with van der Waals surface area (Å²) in [5, 5.41) is 8.26. The van der Waals surface area contributed by atoms with Gasteiger partial charge in [-0.05, 0) is 41.3 Å². The van der Waals surface area contributed by atoms with Gasteiger partial charge in [0.15, 0.2) is 5.15 Å². The molecule has 0 amide bonds. The fourth-order valence-electron chi connectivity index (χ4n) is 1.50. The highest BCUT2D eigenvalue weighted by atomic mass is 79.9. The Hall–Kier alpha value is -0.190. The molecule has 1 aliphatic rings. The normalized spacial score (nSPS) is 22.3. The maximum atomic E-state index is 5.76. The van der Waals surface area contributed by atoms with Crippen LogP contribution in [0.2, 0.25) is 5.15 Å². The van der Waals surface area contributed by atoms with Crippen molar-refractivity contribution in [1.82, 2.24) is 10.2 Å². The Labute approximate surface area is 95.9 Å². The van der Waals surface area contributed by atoms with Gasteiger partial charge in [-0.2, -0.15) is 5.10 Å². The molecule has 14 heavy (non-hydrogen) atoms. The number of aromatic nitrogens is 2. The topological polar surface area (TPSA) is 35.0 Å². The summed E-state index contributed by atoms with van der Waals surface area (Å²) in [6.07, 6.45) is 3.43. The maximum Gasteiger partial charge on any atom is 0.165 e. The molecule has 0 N–H and O–H groups in total. The van der Waals surface area contributed by atoms with Crippen LogP contribution in [0, 0.1) is 0 Å². The van der Waals surface area contributed by atoms with E-state index < -0.39 is 0 Å². The predicted molar refractivity (Wildman–Crippen MR) is 57.3 cm³/mol. The third-order valence-corrected chi connectivity index (χ3v) is 3.35. The average Bonchev–Trinajstić information content (AvgIpc) is 2.23. The molecule has 1 fully saturated rings. The highest BCUT2D eigenvalue weighted by molar-refractivity contribution is 9.10. The molecule has 76 valence electrons. The van der Waals surface area contributed by atoms with Crippen LogP contribution < -0.4 is 0 Å². The van der Waals surface area contributed by atoms with Gasteiger partial charge in [-0.1, -0.05) is 11.6 Å². The second-order valence-corrected chi connectivity index (χ2v) is 4.48.